The Bertz CT molecular complexity index is 585. The van der Waals surface area contributed by atoms with Crippen LogP contribution in [0.3, 0.4) is 0 Å². The molecular formula is C14H14N2O2. The Morgan fingerprint density at radius 2 is 1.89 bits per heavy atom. The van der Waals surface area contributed by atoms with Crippen molar-refractivity contribution in [3.05, 3.63) is 58.9 Å². The van der Waals surface area contributed by atoms with E-state index in [1.54, 1.807) is 41.9 Å². The number of carbonyl (C=O) groups is 2. The highest BCUT2D eigenvalue weighted by atomic mass is 16.2. The number of aryl methyl sites for hydroxylation is 1. The maximum Gasteiger partial charge on any atom is 0.270 e. The van der Waals surface area contributed by atoms with Gasteiger partial charge in [-0.2, -0.15) is 0 Å². The predicted octanol–water partition coefficient (Wildman–Crippen LogP) is 2.30. The summed E-state index contributed by atoms with van der Waals surface area (Å²) in [6, 6.07) is 10.7. The molecule has 1 N–H and O–H groups in total. The molecule has 18 heavy (non-hydrogen) atoms. The summed E-state index contributed by atoms with van der Waals surface area (Å²) in [7, 11) is 0. The molecule has 1 amide bonds. The van der Waals surface area contributed by atoms with E-state index < -0.39 is 0 Å². The molecule has 2 rings (SSSR count). The standard InChI is InChI=1S/C14H14N2O2/c1-10-8-13(9-17)11(2)16(10)15-14(18)12-6-4-3-5-7-12/h3-9H,1-2H3,(H,15,18). The molecule has 0 saturated carbocycles. The number of hydrogen-bond donors (Lipinski definition) is 1. The smallest absolute Gasteiger partial charge is 0.270 e. The van der Waals surface area contributed by atoms with E-state index in [1.165, 1.54) is 0 Å². The van der Waals surface area contributed by atoms with Gasteiger partial charge in [0.05, 0.1) is 0 Å². The minimum Gasteiger partial charge on any atom is -0.298 e. The summed E-state index contributed by atoms with van der Waals surface area (Å²) in [6.07, 6.45) is 0.785. The fourth-order valence-electron chi connectivity index (χ4n) is 1.83. The molecule has 4 nitrogen and oxygen atoms in total. The second-order valence-corrected chi connectivity index (χ2v) is 4.09. The summed E-state index contributed by atoms with van der Waals surface area (Å²) in [4.78, 5) is 22.8. The number of aldehydes is 1. The van der Waals surface area contributed by atoms with Crippen LogP contribution in [-0.4, -0.2) is 16.9 Å². The van der Waals surface area contributed by atoms with Crippen LogP contribution in [-0.2, 0) is 0 Å². The van der Waals surface area contributed by atoms with Gasteiger partial charge in [0.2, 0.25) is 0 Å². The molecule has 0 saturated heterocycles. The molecule has 1 heterocycles. The van der Waals surface area contributed by atoms with Gasteiger partial charge in [-0.05, 0) is 32.0 Å². The lowest BCUT2D eigenvalue weighted by atomic mass is 10.2. The summed E-state index contributed by atoms with van der Waals surface area (Å²) in [5.74, 6) is -0.199. The summed E-state index contributed by atoms with van der Waals surface area (Å²) >= 11 is 0. The zero-order chi connectivity index (χ0) is 13.1. The van der Waals surface area contributed by atoms with E-state index in [0.29, 0.717) is 11.1 Å². The first-order valence-corrected chi connectivity index (χ1v) is 5.64. The molecule has 0 aliphatic carbocycles. The molecular weight excluding hydrogens is 228 g/mol. The Kier molecular flexibility index (Phi) is 3.28. The van der Waals surface area contributed by atoms with Gasteiger partial charge in [-0.1, -0.05) is 18.2 Å². The van der Waals surface area contributed by atoms with Crippen molar-refractivity contribution in [3.63, 3.8) is 0 Å². The summed E-state index contributed by atoms with van der Waals surface area (Å²) < 4.78 is 1.62. The minimum absolute atomic E-state index is 0.199. The molecule has 0 radical (unpaired) electrons. The van der Waals surface area contributed by atoms with Crippen molar-refractivity contribution in [2.75, 3.05) is 5.43 Å². The number of hydrogen-bond acceptors (Lipinski definition) is 2. The van der Waals surface area contributed by atoms with Crippen LogP contribution in [0, 0.1) is 13.8 Å². The first kappa shape index (κ1) is 12.1. The second-order valence-electron chi connectivity index (χ2n) is 4.09. The van der Waals surface area contributed by atoms with E-state index in [-0.39, 0.29) is 5.91 Å². The van der Waals surface area contributed by atoms with Crippen LogP contribution in [0.15, 0.2) is 36.4 Å². The lowest BCUT2D eigenvalue weighted by Gasteiger charge is -2.11. The largest absolute Gasteiger partial charge is 0.298 e. The van der Waals surface area contributed by atoms with Crippen LogP contribution in [0.4, 0.5) is 0 Å². The van der Waals surface area contributed by atoms with E-state index in [9.17, 15) is 9.59 Å². The molecule has 1 aromatic carbocycles. The van der Waals surface area contributed by atoms with Crippen LogP contribution >= 0.6 is 0 Å². The number of rotatable bonds is 3. The van der Waals surface area contributed by atoms with E-state index in [4.69, 9.17) is 0 Å². The van der Waals surface area contributed by atoms with Crippen LogP contribution in [0.2, 0.25) is 0 Å². The molecule has 0 unspecified atom stereocenters. The highest BCUT2D eigenvalue weighted by molar-refractivity contribution is 6.00. The number of nitrogens with one attached hydrogen (secondary N) is 1. The zero-order valence-corrected chi connectivity index (χ0v) is 10.3. The van der Waals surface area contributed by atoms with Gasteiger partial charge < -0.3 is 0 Å². The molecule has 1 aromatic heterocycles. The molecule has 2 aromatic rings. The van der Waals surface area contributed by atoms with Crippen molar-refractivity contribution in [2.45, 2.75) is 13.8 Å². The topological polar surface area (TPSA) is 51.1 Å². The first-order valence-electron chi connectivity index (χ1n) is 5.64. The Balaban J connectivity index is 2.27. The van der Waals surface area contributed by atoms with Crippen LogP contribution in [0.5, 0.6) is 0 Å². The van der Waals surface area contributed by atoms with Crippen molar-refractivity contribution >= 4 is 12.2 Å². The summed E-state index contributed by atoms with van der Waals surface area (Å²) in [5.41, 5.74) is 5.48. The summed E-state index contributed by atoms with van der Waals surface area (Å²) in [5, 5.41) is 0. The normalized spacial score (nSPS) is 10.1. The Hall–Kier alpha value is -2.36. The molecule has 4 heteroatoms. The van der Waals surface area contributed by atoms with E-state index in [2.05, 4.69) is 5.43 Å². The fourth-order valence-corrected chi connectivity index (χ4v) is 1.83. The Labute approximate surface area is 105 Å². The van der Waals surface area contributed by atoms with E-state index in [0.717, 1.165) is 17.7 Å². The highest BCUT2D eigenvalue weighted by Crippen LogP contribution is 2.11. The van der Waals surface area contributed by atoms with Crippen molar-refractivity contribution in [3.8, 4) is 0 Å². The van der Waals surface area contributed by atoms with Gasteiger partial charge in [-0.15, -0.1) is 0 Å². The van der Waals surface area contributed by atoms with Gasteiger partial charge in [0.1, 0.15) is 0 Å². The van der Waals surface area contributed by atoms with E-state index in [1.807, 2.05) is 13.0 Å². The molecule has 0 bridgehead atoms. The van der Waals surface area contributed by atoms with Crippen molar-refractivity contribution in [2.24, 2.45) is 0 Å². The number of amides is 1. The number of carbonyl (C=O) groups excluding carboxylic acids is 2. The maximum atomic E-state index is 12.0. The first-order chi connectivity index (χ1) is 8.63. The summed E-state index contributed by atoms with van der Waals surface area (Å²) in [6.45, 7) is 3.63. The third-order valence-electron chi connectivity index (χ3n) is 2.85. The van der Waals surface area contributed by atoms with E-state index >= 15 is 0 Å². The van der Waals surface area contributed by atoms with Crippen LogP contribution < -0.4 is 5.43 Å². The fraction of sp³-hybridized carbons (Fsp3) is 0.143. The molecule has 0 aliphatic heterocycles. The second kappa shape index (κ2) is 4.87. The van der Waals surface area contributed by atoms with Gasteiger partial charge >= 0.3 is 0 Å². The van der Waals surface area contributed by atoms with Gasteiger partial charge in [-0.25, -0.2) is 0 Å². The maximum absolute atomic E-state index is 12.0. The number of aromatic nitrogens is 1. The Morgan fingerprint density at radius 3 is 2.44 bits per heavy atom. The molecule has 0 atom stereocenters. The van der Waals surface area contributed by atoms with Crippen LogP contribution in [0.25, 0.3) is 0 Å². The van der Waals surface area contributed by atoms with Crippen LogP contribution in [0.1, 0.15) is 32.1 Å². The SMILES string of the molecule is Cc1cc(C=O)c(C)n1NC(=O)c1ccccc1. The van der Waals surface area contributed by atoms with Crippen molar-refractivity contribution in [1.82, 2.24) is 4.68 Å². The minimum atomic E-state index is -0.199. The van der Waals surface area contributed by atoms with Gasteiger partial charge in [0.25, 0.3) is 5.91 Å². The lowest BCUT2D eigenvalue weighted by Crippen LogP contribution is -2.24. The predicted molar refractivity (Wildman–Crippen MR) is 69.4 cm³/mol. The number of benzene rings is 1. The lowest BCUT2D eigenvalue weighted by molar-refractivity contribution is 0.101. The average Bonchev–Trinajstić information content (AvgIpc) is 2.67. The zero-order valence-electron chi connectivity index (χ0n) is 10.3. The molecule has 0 spiro atoms. The van der Waals surface area contributed by atoms with Crippen molar-refractivity contribution in [1.29, 1.82) is 0 Å². The van der Waals surface area contributed by atoms with Gasteiger partial charge in [0, 0.05) is 22.5 Å². The van der Waals surface area contributed by atoms with Gasteiger partial charge in [-0.3, -0.25) is 19.7 Å². The third kappa shape index (κ3) is 2.18. The number of nitrogens with zero attached hydrogens (tertiary/aromatic N) is 1. The molecule has 0 fully saturated rings. The monoisotopic (exact) mass is 242 g/mol. The highest BCUT2D eigenvalue weighted by Gasteiger charge is 2.11. The molecule has 92 valence electrons. The van der Waals surface area contributed by atoms with Crippen molar-refractivity contribution < 1.29 is 9.59 Å². The third-order valence-corrected chi connectivity index (χ3v) is 2.85. The van der Waals surface area contributed by atoms with Gasteiger partial charge in [0.15, 0.2) is 6.29 Å². The quantitative estimate of drug-likeness (QED) is 0.840. The Morgan fingerprint density at radius 1 is 1.22 bits per heavy atom. The average molecular weight is 242 g/mol. The molecule has 0 aliphatic rings.